The Morgan fingerprint density at radius 1 is 1.50 bits per heavy atom. The molecule has 0 saturated carbocycles. The van der Waals surface area contributed by atoms with Crippen molar-refractivity contribution in [1.82, 2.24) is 0 Å². The van der Waals surface area contributed by atoms with Crippen LogP contribution in [0, 0.1) is 11.6 Å². The zero-order chi connectivity index (χ0) is 10.6. The summed E-state index contributed by atoms with van der Waals surface area (Å²) in [5, 5.41) is 0. The molecule has 14 heavy (non-hydrogen) atoms. The molecule has 0 spiro atoms. The lowest BCUT2D eigenvalue weighted by Gasteiger charge is -1.93. The van der Waals surface area contributed by atoms with Crippen LogP contribution in [0.2, 0.25) is 0 Å². The van der Waals surface area contributed by atoms with E-state index in [-0.39, 0.29) is 10.2 Å². The van der Waals surface area contributed by atoms with E-state index < -0.39 is 11.6 Å². The summed E-state index contributed by atoms with van der Waals surface area (Å²) < 4.78 is 33.8. The van der Waals surface area contributed by atoms with E-state index in [9.17, 15) is 8.78 Å². The predicted molar refractivity (Wildman–Crippen MR) is 53.7 cm³/mol. The molecule has 1 aromatic carbocycles. The van der Waals surface area contributed by atoms with Gasteiger partial charge in [0, 0.05) is 24.3 Å². The second kappa shape index (κ2) is 5.19. The third-order valence-corrected chi connectivity index (χ3v) is 2.25. The van der Waals surface area contributed by atoms with Crippen molar-refractivity contribution in [2.45, 2.75) is 0 Å². The highest BCUT2D eigenvalue weighted by molar-refractivity contribution is 7.71. The number of hydrogen-bond donors (Lipinski definition) is 0. The first-order valence-corrected chi connectivity index (χ1v) is 4.68. The van der Waals surface area contributed by atoms with Gasteiger partial charge in [-0.05, 0) is 23.7 Å². The fourth-order valence-electron chi connectivity index (χ4n) is 0.678. The predicted octanol–water partition coefficient (Wildman–Crippen LogP) is 2.84. The first-order valence-electron chi connectivity index (χ1n) is 3.53. The van der Waals surface area contributed by atoms with E-state index in [1.165, 1.54) is 13.2 Å². The Bertz CT molecular complexity index is 404. The van der Waals surface area contributed by atoms with Crippen molar-refractivity contribution in [1.29, 1.82) is 0 Å². The van der Waals surface area contributed by atoms with E-state index in [0.717, 1.165) is 23.3 Å². The number of rotatable bonds is 1. The monoisotopic (exact) mass is 237 g/mol. The number of benzene rings is 1. The Kier molecular flexibility index (Phi) is 4.19. The third-order valence-electron chi connectivity index (χ3n) is 1.29. The molecular formula is C8H6ClF2NOS. The van der Waals surface area contributed by atoms with Crippen molar-refractivity contribution in [3.63, 3.8) is 0 Å². The van der Waals surface area contributed by atoms with Gasteiger partial charge >= 0.3 is 0 Å². The molecule has 0 bridgehead atoms. The minimum atomic E-state index is -0.738. The van der Waals surface area contributed by atoms with Crippen molar-refractivity contribution in [3.05, 3.63) is 29.8 Å². The molecule has 0 aromatic heterocycles. The van der Waals surface area contributed by atoms with Gasteiger partial charge in [0.2, 0.25) is 4.51 Å². The van der Waals surface area contributed by atoms with E-state index in [0.29, 0.717) is 0 Å². The summed E-state index contributed by atoms with van der Waals surface area (Å²) in [5.41, 5.74) is 0.0200. The van der Waals surface area contributed by atoms with Gasteiger partial charge in [0.25, 0.3) is 0 Å². The summed E-state index contributed by atoms with van der Waals surface area (Å²) in [4.78, 5) is 0. The Balaban J connectivity index is 3.04. The molecule has 0 unspecified atom stereocenters. The van der Waals surface area contributed by atoms with Crippen LogP contribution < -0.4 is 0 Å². The molecule has 0 saturated heterocycles. The molecular weight excluding hydrogens is 232 g/mol. The zero-order valence-corrected chi connectivity index (χ0v) is 8.70. The summed E-state index contributed by atoms with van der Waals surface area (Å²) in [5.74, 6) is -1.38. The second-order valence-corrected chi connectivity index (χ2v) is 3.52. The molecule has 0 aliphatic carbocycles. The number of methoxy groups -OCH3 is 1. The lowest BCUT2D eigenvalue weighted by atomic mass is 10.3. The van der Waals surface area contributed by atoms with Gasteiger partial charge in [-0.3, -0.25) is 0 Å². The topological polar surface area (TPSA) is 21.6 Å². The molecule has 0 aliphatic rings. The van der Waals surface area contributed by atoms with E-state index in [4.69, 9.17) is 11.6 Å². The van der Waals surface area contributed by atoms with Crippen molar-refractivity contribution in [2.75, 3.05) is 7.11 Å². The fraction of sp³-hybridized carbons (Fsp3) is 0.125. The average molecular weight is 238 g/mol. The summed E-state index contributed by atoms with van der Waals surface area (Å²) in [7, 11) is 1.37. The molecule has 0 fully saturated rings. The van der Waals surface area contributed by atoms with Crippen LogP contribution >= 0.6 is 11.6 Å². The Hall–Kier alpha value is -0.780. The SMILES string of the molecule is COC(Cl)=S=Nc1ccc(F)cc1F. The van der Waals surface area contributed by atoms with E-state index in [2.05, 4.69) is 9.10 Å². The maximum absolute atomic E-state index is 13.0. The van der Waals surface area contributed by atoms with Gasteiger partial charge in [0.05, 0.1) is 0 Å². The van der Waals surface area contributed by atoms with Gasteiger partial charge in [-0.1, -0.05) is 0 Å². The van der Waals surface area contributed by atoms with Gasteiger partial charge in [-0.25, -0.2) is 8.78 Å². The second-order valence-electron chi connectivity index (χ2n) is 2.22. The number of nitrogens with zero attached hydrogens (tertiary/aromatic N) is 1. The molecule has 76 valence electrons. The molecule has 0 amide bonds. The maximum atomic E-state index is 13.0. The highest BCUT2D eigenvalue weighted by Crippen LogP contribution is 2.17. The van der Waals surface area contributed by atoms with Crippen molar-refractivity contribution in [2.24, 2.45) is 4.36 Å². The number of hydrogen-bond acceptors (Lipinski definition) is 2. The third kappa shape index (κ3) is 3.17. The van der Waals surface area contributed by atoms with Crippen LogP contribution in [0.3, 0.4) is 0 Å². The number of ether oxygens (including phenoxy) is 1. The van der Waals surface area contributed by atoms with Gasteiger partial charge in [0.1, 0.15) is 11.5 Å². The molecule has 1 aromatic rings. The lowest BCUT2D eigenvalue weighted by molar-refractivity contribution is 0.424. The number of halogens is 3. The quantitative estimate of drug-likeness (QED) is 0.544. The van der Waals surface area contributed by atoms with Crippen molar-refractivity contribution < 1.29 is 13.5 Å². The minimum Gasteiger partial charge on any atom is -0.329 e. The largest absolute Gasteiger partial charge is 0.329 e. The summed E-state index contributed by atoms with van der Waals surface area (Å²) >= 11 is 6.24. The molecule has 0 heterocycles. The summed E-state index contributed by atoms with van der Waals surface area (Å²) in [6.07, 6.45) is 0. The highest BCUT2D eigenvalue weighted by Gasteiger charge is 2.00. The highest BCUT2D eigenvalue weighted by atomic mass is 35.5. The smallest absolute Gasteiger partial charge is 0.216 e. The van der Waals surface area contributed by atoms with E-state index in [1.54, 1.807) is 0 Å². The first-order chi connectivity index (χ1) is 6.63. The van der Waals surface area contributed by atoms with Crippen LogP contribution in [0.25, 0.3) is 0 Å². The molecule has 6 heteroatoms. The van der Waals surface area contributed by atoms with E-state index in [1.807, 2.05) is 0 Å². The lowest BCUT2D eigenvalue weighted by Crippen LogP contribution is -1.86. The van der Waals surface area contributed by atoms with Crippen LogP contribution in [-0.4, -0.2) is 11.6 Å². The van der Waals surface area contributed by atoms with Gasteiger partial charge in [-0.15, -0.1) is 0 Å². The molecule has 2 nitrogen and oxygen atoms in total. The van der Waals surface area contributed by atoms with Crippen molar-refractivity contribution >= 4 is 32.9 Å². The van der Waals surface area contributed by atoms with Crippen LogP contribution in [0.15, 0.2) is 22.6 Å². The average Bonchev–Trinajstić information content (AvgIpc) is 2.16. The molecule has 1 rings (SSSR count). The maximum Gasteiger partial charge on any atom is 0.216 e. The summed E-state index contributed by atoms with van der Waals surface area (Å²) in [6.45, 7) is 0. The minimum absolute atomic E-state index is 0.0200. The van der Waals surface area contributed by atoms with Gasteiger partial charge in [-0.2, -0.15) is 4.36 Å². The van der Waals surface area contributed by atoms with Crippen LogP contribution in [0.5, 0.6) is 0 Å². The Labute approximate surface area is 88.2 Å². The first kappa shape index (κ1) is 11.3. The van der Waals surface area contributed by atoms with Crippen molar-refractivity contribution in [3.8, 4) is 0 Å². The van der Waals surface area contributed by atoms with Crippen LogP contribution in [0.4, 0.5) is 14.5 Å². The van der Waals surface area contributed by atoms with E-state index >= 15 is 0 Å². The Morgan fingerprint density at radius 2 is 2.21 bits per heavy atom. The van der Waals surface area contributed by atoms with Crippen LogP contribution in [-0.2, 0) is 15.9 Å². The molecule has 0 atom stereocenters. The zero-order valence-electron chi connectivity index (χ0n) is 7.13. The summed E-state index contributed by atoms with van der Waals surface area (Å²) in [6, 6.07) is 3.08. The normalized spacial score (nSPS) is 9.71. The molecule has 0 aliphatic heterocycles. The fourth-order valence-corrected chi connectivity index (χ4v) is 1.17. The van der Waals surface area contributed by atoms with Crippen LogP contribution in [0.1, 0.15) is 0 Å². The Morgan fingerprint density at radius 3 is 2.79 bits per heavy atom. The molecule has 0 N–H and O–H groups in total. The van der Waals surface area contributed by atoms with Gasteiger partial charge in [0.15, 0.2) is 5.82 Å². The van der Waals surface area contributed by atoms with Gasteiger partial charge < -0.3 is 4.74 Å². The molecule has 0 radical (unpaired) electrons. The standard InChI is InChI=1S/C8H6ClF2NOS/c1-13-8(9)14-12-7-3-2-5(10)4-6(7)11/h2-4H,1H3.